The Bertz CT molecular complexity index is 731. The molecule has 0 radical (unpaired) electrons. The van der Waals surface area contributed by atoms with Crippen molar-refractivity contribution in [2.24, 2.45) is 5.92 Å². The van der Waals surface area contributed by atoms with Crippen molar-refractivity contribution in [3.8, 4) is 0 Å². The molecule has 1 aliphatic rings. The van der Waals surface area contributed by atoms with E-state index >= 15 is 0 Å². The molecule has 0 spiro atoms. The molecule has 1 N–H and O–H groups in total. The van der Waals surface area contributed by atoms with E-state index < -0.39 is 0 Å². The molecule has 1 saturated heterocycles. The van der Waals surface area contributed by atoms with Crippen molar-refractivity contribution in [2.75, 3.05) is 24.5 Å². The van der Waals surface area contributed by atoms with Crippen molar-refractivity contribution in [3.05, 3.63) is 40.9 Å². The first-order chi connectivity index (χ1) is 13.2. The Balaban J connectivity index is 1.49. The maximum Gasteiger partial charge on any atom is 0.223 e. The van der Waals surface area contributed by atoms with Crippen molar-refractivity contribution in [1.82, 2.24) is 15.5 Å². The van der Waals surface area contributed by atoms with Crippen LogP contribution in [0.1, 0.15) is 32.6 Å². The number of hydrogen-bond donors (Lipinski definition) is 1. The minimum atomic E-state index is 0.123. The molecular weight excluding hydrogens is 424 g/mol. The number of unbranched alkanes of at least 4 members (excludes halogenated alkanes) is 1. The smallest absolute Gasteiger partial charge is 0.223 e. The van der Waals surface area contributed by atoms with Gasteiger partial charge in [-0.3, -0.25) is 4.79 Å². The molecule has 1 fully saturated rings. The molecule has 1 aromatic carbocycles. The van der Waals surface area contributed by atoms with Gasteiger partial charge >= 0.3 is 0 Å². The van der Waals surface area contributed by atoms with Crippen LogP contribution < -0.4 is 10.2 Å². The van der Waals surface area contributed by atoms with Crippen LogP contribution in [-0.4, -0.2) is 35.7 Å². The van der Waals surface area contributed by atoms with Crippen LogP contribution in [-0.2, 0) is 4.79 Å². The van der Waals surface area contributed by atoms with Crippen molar-refractivity contribution in [1.29, 1.82) is 0 Å². The fraction of sp³-hybridized carbons (Fsp3) is 0.450. The van der Waals surface area contributed by atoms with E-state index in [4.69, 9.17) is 0 Å². The molecule has 0 atom stereocenters. The van der Waals surface area contributed by atoms with Crippen LogP contribution in [0.2, 0.25) is 0 Å². The van der Waals surface area contributed by atoms with E-state index in [0.29, 0.717) is 0 Å². The lowest BCUT2D eigenvalue weighted by Crippen LogP contribution is -2.41. The molecule has 0 saturated carbocycles. The van der Waals surface area contributed by atoms with E-state index in [0.717, 1.165) is 65.5 Å². The SMILES string of the molecule is CCCCNC(=O)C1CCN(c2ccc(Sc3ccc(Br)cc3)nn2)CC1. The number of halogens is 1. The number of carbonyl (C=O) groups is 1. The topological polar surface area (TPSA) is 58.1 Å². The summed E-state index contributed by atoms with van der Waals surface area (Å²) in [6, 6.07) is 12.2. The quantitative estimate of drug-likeness (QED) is 0.630. The number of nitrogens with zero attached hydrogens (tertiary/aromatic N) is 3. The van der Waals surface area contributed by atoms with E-state index in [1.807, 2.05) is 24.3 Å². The molecule has 7 heteroatoms. The van der Waals surface area contributed by atoms with E-state index in [2.05, 4.69) is 55.4 Å². The highest BCUT2D eigenvalue weighted by Crippen LogP contribution is 2.28. The first kappa shape index (κ1) is 20.1. The molecule has 2 aromatic rings. The van der Waals surface area contributed by atoms with Gasteiger partial charge in [-0.15, -0.1) is 10.2 Å². The minimum Gasteiger partial charge on any atom is -0.356 e. The molecule has 1 amide bonds. The molecule has 1 aliphatic heterocycles. The molecule has 27 heavy (non-hydrogen) atoms. The van der Waals surface area contributed by atoms with Gasteiger partial charge in [0.15, 0.2) is 5.82 Å². The molecule has 144 valence electrons. The Morgan fingerprint density at radius 3 is 2.56 bits per heavy atom. The second kappa shape index (κ2) is 10.1. The third-order valence-electron chi connectivity index (χ3n) is 4.68. The van der Waals surface area contributed by atoms with Crippen LogP contribution in [0.15, 0.2) is 50.8 Å². The fourth-order valence-corrected chi connectivity index (χ4v) is 4.06. The van der Waals surface area contributed by atoms with Gasteiger partial charge in [0.1, 0.15) is 5.03 Å². The Labute approximate surface area is 173 Å². The van der Waals surface area contributed by atoms with Crippen LogP contribution in [0, 0.1) is 5.92 Å². The van der Waals surface area contributed by atoms with Gasteiger partial charge in [-0.05, 0) is 55.7 Å². The molecule has 5 nitrogen and oxygen atoms in total. The predicted molar refractivity (Wildman–Crippen MR) is 113 cm³/mol. The third-order valence-corrected chi connectivity index (χ3v) is 6.14. The van der Waals surface area contributed by atoms with E-state index in [-0.39, 0.29) is 11.8 Å². The molecule has 0 bridgehead atoms. The van der Waals surface area contributed by atoms with Gasteiger partial charge in [-0.1, -0.05) is 41.0 Å². The van der Waals surface area contributed by atoms with Gasteiger partial charge in [0.05, 0.1) is 0 Å². The Morgan fingerprint density at radius 1 is 1.19 bits per heavy atom. The maximum atomic E-state index is 12.2. The predicted octanol–water partition coefficient (Wildman–Crippen LogP) is 4.52. The van der Waals surface area contributed by atoms with Crippen LogP contribution in [0.3, 0.4) is 0 Å². The molecule has 2 heterocycles. The lowest BCUT2D eigenvalue weighted by atomic mass is 9.96. The maximum absolute atomic E-state index is 12.2. The molecular formula is C20H25BrN4OS. The Kier molecular flexibility index (Phi) is 7.52. The van der Waals surface area contributed by atoms with Gasteiger partial charge in [-0.25, -0.2) is 0 Å². The number of amides is 1. The van der Waals surface area contributed by atoms with Crippen molar-refractivity contribution in [3.63, 3.8) is 0 Å². The highest BCUT2D eigenvalue weighted by molar-refractivity contribution is 9.10. The first-order valence-corrected chi connectivity index (χ1v) is 11.1. The van der Waals surface area contributed by atoms with Gasteiger partial charge in [0.2, 0.25) is 5.91 Å². The normalized spacial score (nSPS) is 15.0. The Hall–Kier alpha value is -1.60. The lowest BCUT2D eigenvalue weighted by molar-refractivity contribution is -0.125. The van der Waals surface area contributed by atoms with Gasteiger partial charge in [0, 0.05) is 34.9 Å². The highest BCUT2D eigenvalue weighted by atomic mass is 79.9. The summed E-state index contributed by atoms with van der Waals surface area (Å²) in [5, 5.41) is 12.7. The van der Waals surface area contributed by atoms with E-state index in [1.54, 1.807) is 11.8 Å². The zero-order valence-electron chi connectivity index (χ0n) is 15.5. The Morgan fingerprint density at radius 2 is 1.93 bits per heavy atom. The van der Waals surface area contributed by atoms with Crippen molar-refractivity contribution < 1.29 is 4.79 Å². The molecule has 3 rings (SSSR count). The average Bonchev–Trinajstić information content (AvgIpc) is 2.70. The number of piperidine rings is 1. The van der Waals surface area contributed by atoms with Crippen LogP contribution >= 0.6 is 27.7 Å². The molecule has 0 aliphatic carbocycles. The average molecular weight is 449 g/mol. The summed E-state index contributed by atoms with van der Waals surface area (Å²) < 4.78 is 1.07. The number of benzene rings is 1. The number of rotatable bonds is 7. The standard InChI is InChI=1S/C20H25BrN4OS/c1-2-3-12-22-20(26)15-10-13-25(14-11-15)18-8-9-19(24-23-18)27-17-6-4-16(21)5-7-17/h4-9,15H,2-3,10-14H2,1H3,(H,22,26). The lowest BCUT2D eigenvalue weighted by Gasteiger charge is -2.31. The van der Waals surface area contributed by atoms with Crippen LogP contribution in [0.25, 0.3) is 0 Å². The first-order valence-electron chi connectivity index (χ1n) is 9.45. The zero-order chi connectivity index (χ0) is 19.1. The number of aromatic nitrogens is 2. The summed E-state index contributed by atoms with van der Waals surface area (Å²) in [6.45, 7) is 4.62. The number of anilines is 1. The van der Waals surface area contributed by atoms with Crippen LogP contribution in [0.4, 0.5) is 5.82 Å². The van der Waals surface area contributed by atoms with E-state index in [1.165, 1.54) is 0 Å². The second-order valence-electron chi connectivity index (χ2n) is 6.69. The van der Waals surface area contributed by atoms with Gasteiger partial charge in [0.25, 0.3) is 0 Å². The zero-order valence-corrected chi connectivity index (χ0v) is 17.9. The minimum absolute atomic E-state index is 0.123. The van der Waals surface area contributed by atoms with E-state index in [9.17, 15) is 4.79 Å². The fourth-order valence-electron chi connectivity index (χ4n) is 3.06. The number of hydrogen-bond acceptors (Lipinski definition) is 5. The largest absolute Gasteiger partial charge is 0.356 e. The van der Waals surface area contributed by atoms with Crippen molar-refractivity contribution in [2.45, 2.75) is 42.5 Å². The van der Waals surface area contributed by atoms with Crippen molar-refractivity contribution >= 4 is 39.4 Å². The number of carbonyl (C=O) groups excluding carboxylic acids is 1. The summed E-state index contributed by atoms with van der Waals surface area (Å²) in [4.78, 5) is 15.5. The molecule has 1 aromatic heterocycles. The monoisotopic (exact) mass is 448 g/mol. The summed E-state index contributed by atoms with van der Waals surface area (Å²) >= 11 is 5.04. The van der Waals surface area contributed by atoms with Gasteiger partial charge in [-0.2, -0.15) is 0 Å². The van der Waals surface area contributed by atoms with Crippen LogP contribution in [0.5, 0.6) is 0 Å². The second-order valence-corrected chi connectivity index (χ2v) is 8.70. The van der Waals surface area contributed by atoms with Gasteiger partial charge < -0.3 is 10.2 Å². The summed E-state index contributed by atoms with van der Waals surface area (Å²) in [7, 11) is 0. The molecule has 0 unspecified atom stereocenters. The summed E-state index contributed by atoms with van der Waals surface area (Å²) in [5.41, 5.74) is 0. The number of nitrogens with one attached hydrogen (secondary N) is 1. The third kappa shape index (κ3) is 5.94. The highest BCUT2D eigenvalue weighted by Gasteiger charge is 2.25. The summed E-state index contributed by atoms with van der Waals surface area (Å²) in [6.07, 6.45) is 3.89. The summed E-state index contributed by atoms with van der Waals surface area (Å²) in [5.74, 6) is 1.22.